The number of benzene rings is 1. The summed E-state index contributed by atoms with van der Waals surface area (Å²) in [6.45, 7) is 1.68. The number of amides is 4. The van der Waals surface area contributed by atoms with E-state index < -0.39 is 23.5 Å². The predicted molar refractivity (Wildman–Crippen MR) is 121 cm³/mol. The summed E-state index contributed by atoms with van der Waals surface area (Å²) in [6.07, 6.45) is 7.20. The van der Waals surface area contributed by atoms with Gasteiger partial charge in [0, 0.05) is 6.42 Å². The van der Waals surface area contributed by atoms with Crippen molar-refractivity contribution in [2.75, 3.05) is 6.54 Å². The van der Waals surface area contributed by atoms with Crippen molar-refractivity contribution in [1.29, 1.82) is 0 Å². The Morgan fingerprint density at radius 1 is 1.12 bits per heavy atom. The van der Waals surface area contributed by atoms with Gasteiger partial charge in [0.05, 0.1) is 12.0 Å². The van der Waals surface area contributed by atoms with Crippen molar-refractivity contribution in [3.63, 3.8) is 0 Å². The first-order chi connectivity index (χ1) is 16.0. The lowest BCUT2D eigenvalue weighted by atomic mass is 9.90. The molecule has 8 nitrogen and oxygen atoms in total. The number of nitrogens with zero attached hydrogens (tertiary/aromatic N) is 3. The van der Waals surface area contributed by atoms with Crippen LogP contribution >= 0.6 is 0 Å². The Morgan fingerprint density at radius 3 is 2.52 bits per heavy atom. The SMILES string of the molecule is Cc1ccc(C2=NN(C(=O)CN3C(=O)NC4(CCCCCC4)C3=O)C(c3ccco3)C2)cc1. The van der Waals surface area contributed by atoms with E-state index in [1.54, 1.807) is 12.3 Å². The van der Waals surface area contributed by atoms with Crippen LogP contribution in [0.25, 0.3) is 0 Å². The fourth-order valence-electron chi connectivity index (χ4n) is 5.06. The molecule has 1 N–H and O–H groups in total. The van der Waals surface area contributed by atoms with E-state index in [4.69, 9.17) is 4.42 Å². The molecule has 5 rings (SSSR count). The molecule has 1 saturated heterocycles. The predicted octanol–water partition coefficient (Wildman–Crippen LogP) is 3.91. The van der Waals surface area contributed by atoms with Gasteiger partial charge >= 0.3 is 6.03 Å². The lowest BCUT2D eigenvalue weighted by molar-refractivity contribution is -0.140. The molecule has 1 unspecified atom stereocenters. The molecule has 0 radical (unpaired) electrons. The molecular weight excluding hydrogens is 420 g/mol. The summed E-state index contributed by atoms with van der Waals surface area (Å²) in [4.78, 5) is 40.4. The standard InChI is InChI=1S/C25H28N4O4/c1-17-8-10-18(11-9-17)19-15-20(21-7-6-14-33-21)29(27-19)22(30)16-28-23(31)25(26-24(28)32)12-4-2-3-5-13-25/h6-11,14,20H,2-5,12-13,15-16H2,1H3,(H,26,32). The first-order valence-corrected chi connectivity index (χ1v) is 11.6. The van der Waals surface area contributed by atoms with Crippen molar-refractivity contribution < 1.29 is 18.8 Å². The molecular formula is C25H28N4O4. The Bertz CT molecular complexity index is 1080. The van der Waals surface area contributed by atoms with Crippen LogP contribution < -0.4 is 5.32 Å². The topological polar surface area (TPSA) is 95.2 Å². The quantitative estimate of drug-likeness (QED) is 0.718. The summed E-state index contributed by atoms with van der Waals surface area (Å²) in [5.41, 5.74) is 1.97. The zero-order chi connectivity index (χ0) is 23.0. The van der Waals surface area contributed by atoms with Gasteiger partial charge in [-0.25, -0.2) is 9.80 Å². The van der Waals surface area contributed by atoms with Crippen LogP contribution in [0.1, 0.15) is 67.9 Å². The molecule has 2 fully saturated rings. The van der Waals surface area contributed by atoms with Crippen molar-refractivity contribution >= 4 is 23.6 Å². The lowest BCUT2D eigenvalue weighted by Crippen LogP contribution is -2.47. The molecule has 2 aromatic rings. The van der Waals surface area contributed by atoms with Gasteiger partial charge in [-0.1, -0.05) is 55.5 Å². The van der Waals surface area contributed by atoms with E-state index in [2.05, 4.69) is 10.4 Å². The van der Waals surface area contributed by atoms with Gasteiger partial charge in [-0.05, 0) is 37.5 Å². The number of nitrogens with one attached hydrogen (secondary N) is 1. The highest BCUT2D eigenvalue weighted by molar-refractivity contribution is 6.09. The summed E-state index contributed by atoms with van der Waals surface area (Å²) >= 11 is 0. The minimum atomic E-state index is -0.865. The fourth-order valence-corrected chi connectivity index (χ4v) is 5.06. The summed E-state index contributed by atoms with van der Waals surface area (Å²) in [5, 5.41) is 8.87. The van der Waals surface area contributed by atoms with Gasteiger partial charge in [-0.3, -0.25) is 14.5 Å². The number of carbonyl (C=O) groups excluding carboxylic acids is 3. The van der Waals surface area contributed by atoms with E-state index in [9.17, 15) is 14.4 Å². The van der Waals surface area contributed by atoms with Crippen molar-refractivity contribution in [1.82, 2.24) is 15.2 Å². The number of furan rings is 1. The molecule has 1 atom stereocenters. The van der Waals surface area contributed by atoms with Gasteiger partial charge in [0.2, 0.25) is 0 Å². The van der Waals surface area contributed by atoms with E-state index in [-0.39, 0.29) is 12.5 Å². The van der Waals surface area contributed by atoms with E-state index >= 15 is 0 Å². The monoisotopic (exact) mass is 448 g/mol. The van der Waals surface area contributed by atoms with Crippen molar-refractivity contribution in [3.05, 3.63) is 59.5 Å². The van der Waals surface area contributed by atoms with Crippen LogP contribution in [0.3, 0.4) is 0 Å². The molecule has 1 aliphatic carbocycles. The molecule has 0 bridgehead atoms. The van der Waals surface area contributed by atoms with Crippen molar-refractivity contribution in [3.8, 4) is 0 Å². The van der Waals surface area contributed by atoms with Crippen LogP contribution in [0.2, 0.25) is 0 Å². The Labute approximate surface area is 192 Å². The molecule has 1 saturated carbocycles. The number of imide groups is 1. The number of rotatable bonds is 4. The van der Waals surface area contributed by atoms with Gasteiger partial charge in [0.15, 0.2) is 0 Å². The average molecular weight is 449 g/mol. The Morgan fingerprint density at radius 2 is 1.85 bits per heavy atom. The molecule has 1 aromatic carbocycles. The van der Waals surface area contributed by atoms with Gasteiger partial charge in [0.25, 0.3) is 11.8 Å². The van der Waals surface area contributed by atoms with Gasteiger partial charge < -0.3 is 9.73 Å². The molecule has 3 heterocycles. The highest BCUT2D eigenvalue weighted by Crippen LogP contribution is 2.35. The van der Waals surface area contributed by atoms with E-state index in [0.29, 0.717) is 25.0 Å². The summed E-state index contributed by atoms with van der Waals surface area (Å²) in [7, 11) is 0. The van der Waals surface area contributed by atoms with Crippen molar-refractivity contribution in [2.45, 2.75) is 63.5 Å². The highest BCUT2D eigenvalue weighted by Gasteiger charge is 2.51. The zero-order valence-electron chi connectivity index (χ0n) is 18.8. The largest absolute Gasteiger partial charge is 0.467 e. The summed E-state index contributed by atoms with van der Waals surface area (Å²) in [5.74, 6) is -0.0847. The van der Waals surface area contributed by atoms with Crippen LogP contribution in [0.5, 0.6) is 0 Å². The molecule has 3 aliphatic rings. The summed E-state index contributed by atoms with van der Waals surface area (Å²) in [6, 6.07) is 10.6. The molecule has 2 aliphatic heterocycles. The zero-order valence-corrected chi connectivity index (χ0v) is 18.8. The molecule has 1 aromatic heterocycles. The molecule has 1 spiro atoms. The molecule has 8 heteroatoms. The third kappa shape index (κ3) is 3.94. The number of hydrogen-bond acceptors (Lipinski definition) is 5. The van der Waals surface area contributed by atoms with Crippen LogP contribution in [0, 0.1) is 6.92 Å². The van der Waals surface area contributed by atoms with Crippen LogP contribution in [-0.2, 0) is 9.59 Å². The maximum absolute atomic E-state index is 13.4. The van der Waals surface area contributed by atoms with E-state index in [1.165, 1.54) is 5.01 Å². The smallest absolute Gasteiger partial charge is 0.325 e. The van der Waals surface area contributed by atoms with Crippen LogP contribution in [-0.4, -0.2) is 45.5 Å². The van der Waals surface area contributed by atoms with E-state index in [0.717, 1.165) is 47.4 Å². The minimum Gasteiger partial charge on any atom is -0.467 e. The Balaban J connectivity index is 1.39. The highest BCUT2D eigenvalue weighted by atomic mass is 16.3. The lowest BCUT2D eigenvalue weighted by Gasteiger charge is -2.25. The first kappa shape index (κ1) is 21.4. The van der Waals surface area contributed by atoms with Gasteiger partial charge in [-0.2, -0.15) is 5.10 Å². The van der Waals surface area contributed by atoms with Crippen molar-refractivity contribution in [2.24, 2.45) is 5.10 Å². The van der Waals surface area contributed by atoms with Gasteiger partial charge in [0.1, 0.15) is 23.9 Å². The average Bonchev–Trinajstić information content (AvgIpc) is 3.48. The third-order valence-corrected chi connectivity index (χ3v) is 6.92. The number of carbonyl (C=O) groups is 3. The maximum atomic E-state index is 13.4. The second-order valence-corrected chi connectivity index (χ2v) is 9.20. The molecule has 172 valence electrons. The second kappa shape index (κ2) is 8.50. The maximum Gasteiger partial charge on any atom is 0.325 e. The van der Waals surface area contributed by atoms with Crippen LogP contribution in [0.4, 0.5) is 4.79 Å². The molecule has 33 heavy (non-hydrogen) atoms. The Kier molecular flexibility index (Phi) is 5.52. The number of hydrazone groups is 1. The number of urea groups is 1. The number of aryl methyl sites for hydroxylation is 1. The van der Waals surface area contributed by atoms with Crippen LogP contribution in [0.15, 0.2) is 52.2 Å². The second-order valence-electron chi connectivity index (χ2n) is 9.20. The van der Waals surface area contributed by atoms with E-state index in [1.807, 2.05) is 37.3 Å². The minimum absolute atomic E-state index is 0.292. The number of hydrogen-bond donors (Lipinski definition) is 1. The summed E-state index contributed by atoms with van der Waals surface area (Å²) < 4.78 is 5.59. The first-order valence-electron chi connectivity index (χ1n) is 11.6. The normalized spacial score (nSPS) is 22.5. The fraction of sp³-hybridized carbons (Fsp3) is 0.440. The van der Waals surface area contributed by atoms with Gasteiger partial charge in [-0.15, -0.1) is 0 Å². The Hall–Kier alpha value is -3.42. The third-order valence-electron chi connectivity index (χ3n) is 6.92. The molecule has 4 amide bonds.